The number of nitrogens with one attached hydrogen (secondary N) is 2. The van der Waals surface area contributed by atoms with Gasteiger partial charge in [-0.05, 0) is 29.4 Å². The van der Waals surface area contributed by atoms with E-state index >= 15 is 0 Å². The van der Waals surface area contributed by atoms with Gasteiger partial charge in [-0.15, -0.1) is 0 Å². The first kappa shape index (κ1) is 17.5. The lowest BCUT2D eigenvalue weighted by Crippen LogP contribution is -2.37. The molecule has 0 unspecified atom stereocenters. The first-order valence-corrected chi connectivity index (χ1v) is 7.53. The molecule has 0 radical (unpaired) electrons. The van der Waals surface area contributed by atoms with E-state index in [0.717, 1.165) is 12.8 Å². The van der Waals surface area contributed by atoms with Gasteiger partial charge in [0.05, 0.1) is 0 Å². The quantitative estimate of drug-likeness (QED) is 0.759. The van der Waals surface area contributed by atoms with E-state index < -0.39 is 0 Å². The number of hydrogen-bond donors (Lipinski definition) is 2. The van der Waals surface area contributed by atoms with Gasteiger partial charge in [-0.2, -0.15) is 0 Å². The third-order valence-corrected chi connectivity index (χ3v) is 3.33. The molecule has 0 saturated carbocycles. The minimum absolute atomic E-state index is 0.114. The van der Waals surface area contributed by atoms with E-state index in [-0.39, 0.29) is 11.4 Å². The van der Waals surface area contributed by atoms with E-state index in [1.807, 2.05) is 0 Å². The number of amides is 2. The van der Waals surface area contributed by atoms with E-state index in [2.05, 4.69) is 55.7 Å². The van der Waals surface area contributed by atoms with Crippen molar-refractivity contribution < 1.29 is 9.53 Å². The number of ether oxygens (including phenoxy) is 1. The zero-order valence-electron chi connectivity index (χ0n) is 13.7. The molecule has 0 spiro atoms. The van der Waals surface area contributed by atoms with Crippen LogP contribution in [0.3, 0.4) is 0 Å². The lowest BCUT2D eigenvalue weighted by Gasteiger charge is -2.19. The molecule has 0 bridgehead atoms. The van der Waals surface area contributed by atoms with Crippen molar-refractivity contribution in [1.82, 2.24) is 10.6 Å². The molecule has 1 rings (SSSR count). The summed E-state index contributed by atoms with van der Waals surface area (Å²) in [5.74, 6) is 0. The van der Waals surface area contributed by atoms with Gasteiger partial charge in [0.2, 0.25) is 0 Å². The third kappa shape index (κ3) is 7.14. The largest absolute Gasteiger partial charge is 0.385 e. The Kier molecular flexibility index (Phi) is 7.23. The second kappa shape index (κ2) is 8.67. The minimum Gasteiger partial charge on any atom is -0.385 e. The Labute approximate surface area is 128 Å². The fourth-order valence-electron chi connectivity index (χ4n) is 1.97. The first-order valence-electron chi connectivity index (χ1n) is 7.53. The van der Waals surface area contributed by atoms with E-state index in [9.17, 15) is 4.79 Å². The van der Waals surface area contributed by atoms with Crippen molar-refractivity contribution in [3.8, 4) is 0 Å². The molecule has 4 heteroatoms. The highest BCUT2D eigenvalue weighted by atomic mass is 16.5. The maximum atomic E-state index is 11.5. The molecule has 0 aliphatic carbocycles. The minimum atomic E-state index is -0.114. The van der Waals surface area contributed by atoms with Gasteiger partial charge in [0, 0.05) is 26.8 Å². The Balaban J connectivity index is 2.25. The monoisotopic (exact) mass is 292 g/mol. The molecule has 0 atom stereocenters. The standard InChI is InChI=1S/C17H28N2O2/c1-17(2,3)15-8-6-14(7-9-15)10-12-19-16(20)18-11-5-13-21-4/h6-9H,5,10-13H2,1-4H3,(H2,18,19,20). The van der Waals surface area contributed by atoms with Crippen molar-refractivity contribution in [2.24, 2.45) is 0 Å². The van der Waals surface area contributed by atoms with E-state index in [0.29, 0.717) is 19.7 Å². The maximum Gasteiger partial charge on any atom is 0.314 e. The molecule has 2 N–H and O–H groups in total. The van der Waals surface area contributed by atoms with Gasteiger partial charge >= 0.3 is 6.03 Å². The highest BCUT2D eigenvalue weighted by Crippen LogP contribution is 2.22. The summed E-state index contributed by atoms with van der Waals surface area (Å²) in [6, 6.07) is 8.50. The summed E-state index contributed by atoms with van der Waals surface area (Å²) >= 11 is 0. The molecule has 0 aliphatic heterocycles. The Morgan fingerprint density at radius 2 is 1.71 bits per heavy atom. The molecule has 21 heavy (non-hydrogen) atoms. The highest BCUT2D eigenvalue weighted by Gasteiger charge is 2.12. The molecule has 1 aromatic carbocycles. The summed E-state index contributed by atoms with van der Waals surface area (Å²) < 4.78 is 4.92. The lowest BCUT2D eigenvalue weighted by molar-refractivity contribution is 0.193. The predicted octanol–water partition coefficient (Wildman–Crippen LogP) is 2.86. The number of methoxy groups -OCH3 is 1. The molecule has 0 saturated heterocycles. The molecular weight excluding hydrogens is 264 g/mol. The Morgan fingerprint density at radius 3 is 2.29 bits per heavy atom. The number of carbonyl (C=O) groups is 1. The maximum absolute atomic E-state index is 11.5. The van der Waals surface area contributed by atoms with Crippen LogP contribution in [-0.4, -0.2) is 32.8 Å². The third-order valence-electron chi connectivity index (χ3n) is 3.33. The van der Waals surface area contributed by atoms with Crippen LogP contribution in [0.4, 0.5) is 4.79 Å². The van der Waals surface area contributed by atoms with Crippen LogP contribution in [0.15, 0.2) is 24.3 Å². The van der Waals surface area contributed by atoms with Crippen LogP contribution in [0.25, 0.3) is 0 Å². The van der Waals surface area contributed by atoms with Gasteiger partial charge in [0.15, 0.2) is 0 Å². The zero-order valence-corrected chi connectivity index (χ0v) is 13.7. The van der Waals surface area contributed by atoms with Crippen molar-refractivity contribution >= 4 is 6.03 Å². The van der Waals surface area contributed by atoms with Crippen molar-refractivity contribution in [2.45, 2.75) is 39.0 Å². The summed E-state index contributed by atoms with van der Waals surface area (Å²) in [6.45, 7) is 8.57. The molecule has 0 fully saturated rings. The van der Waals surface area contributed by atoms with Crippen molar-refractivity contribution in [3.05, 3.63) is 35.4 Å². The lowest BCUT2D eigenvalue weighted by atomic mass is 9.86. The molecular formula is C17H28N2O2. The van der Waals surface area contributed by atoms with Crippen LogP contribution in [0.1, 0.15) is 38.3 Å². The topological polar surface area (TPSA) is 50.4 Å². The molecule has 118 valence electrons. The van der Waals surface area contributed by atoms with Crippen LogP contribution >= 0.6 is 0 Å². The summed E-state index contributed by atoms with van der Waals surface area (Å²) in [7, 11) is 1.66. The number of carbonyl (C=O) groups excluding carboxylic acids is 1. The van der Waals surface area contributed by atoms with Gasteiger partial charge < -0.3 is 15.4 Å². The molecule has 2 amide bonds. The van der Waals surface area contributed by atoms with Gasteiger partial charge in [-0.1, -0.05) is 45.0 Å². The van der Waals surface area contributed by atoms with Crippen LogP contribution in [0.2, 0.25) is 0 Å². The van der Waals surface area contributed by atoms with Crippen LogP contribution in [-0.2, 0) is 16.6 Å². The SMILES string of the molecule is COCCCNC(=O)NCCc1ccc(C(C)(C)C)cc1. The van der Waals surface area contributed by atoms with Gasteiger partial charge in [0.25, 0.3) is 0 Å². The van der Waals surface area contributed by atoms with E-state index in [1.54, 1.807) is 7.11 Å². The number of hydrogen-bond acceptors (Lipinski definition) is 2. The molecule has 0 aliphatic rings. The van der Waals surface area contributed by atoms with Crippen LogP contribution in [0.5, 0.6) is 0 Å². The highest BCUT2D eigenvalue weighted by molar-refractivity contribution is 5.73. The Bertz CT molecular complexity index is 421. The van der Waals surface area contributed by atoms with Crippen molar-refractivity contribution in [1.29, 1.82) is 0 Å². The summed E-state index contributed by atoms with van der Waals surface area (Å²) in [5, 5.41) is 5.66. The Morgan fingerprint density at radius 1 is 1.10 bits per heavy atom. The van der Waals surface area contributed by atoms with Crippen LogP contribution < -0.4 is 10.6 Å². The number of benzene rings is 1. The second-order valence-electron chi connectivity index (χ2n) is 6.23. The average molecular weight is 292 g/mol. The van der Waals surface area contributed by atoms with E-state index in [4.69, 9.17) is 4.74 Å². The summed E-state index contributed by atoms with van der Waals surface area (Å²) in [6.07, 6.45) is 1.67. The fourth-order valence-corrected chi connectivity index (χ4v) is 1.97. The molecule has 0 heterocycles. The van der Waals surface area contributed by atoms with Crippen molar-refractivity contribution in [2.75, 3.05) is 26.8 Å². The molecule has 1 aromatic rings. The smallest absolute Gasteiger partial charge is 0.314 e. The Hall–Kier alpha value is -1.55. The van der Waals surface area contributed by atoms with Gasteiger partial charge in [0.1, 0.15) is 0 Å². The first-order chi connectivity index (χ1) is 9.93. The van der Waals surface area contributed by atoms with Crippen molar-refractivity contribution in [3.63, 3.8) is 0 Å². The zero-order chi connectivity index (χ0) is 15.7. The fraction of sp³-hybridized carbons (Fsp3) is 0.588. The van der Waals surface area contributed by atoms with E-state index in [1.165, 1.54) is 11.1 Å². The second-order valence-corrected chi connectivity index (χ2v) is 6.23. The molecule has 0 aromatic heterocycles. The average Bonchev–Trinajstić information content (AvgIpc) is 2.43. The van der Waals surface area contributed by atoms with Gasteiger partial charge in [-0.25, -0.2) is 4.79 Å². The number of rotatable bonds is 7. The van der Waals surface area contributed by atoms with Gasteiger partial charge in [-0.3, -0.25) is 0 Å². The van der Waals surface area contributed by atoms with Crippen LogP contribution in [0, 0.1) is 0 Å². The summed E-state index contributed by atoms with van der Waals surface area (Å²) in [4.78, 5) is 11.5. The normalized spacial score (nSPS) is 11.2. The number of urea groups is 1. The molecule has 4 nitrogen and oxygen atoms in total. The predicted molar refractivity (Wildman–Crippen MR) is 86.7 cm³/mol. The summed E-state index contributed by atoms with van der Waals surface area (Å²) in [5.41, 5.74) is 2.75.